The predicted molar refractivity (Wildman–Crippen MR) is 135 cm³/mol. The van der Waals surface area contributed by atoms with Crippen LogP contribution in [0.25, 0.3) is 12.2 Å². The van der Waals surface area contributed by atoms with Crippen molar-refractivity contribution in [2.45, 2.75) is 0 Å². The summed E-state index contributed by atoms with van der Waals surface area (Å²) in [6, 6.07) is 22.7. The van der Waals surface area contributed by atoms with Gasteiger partial charge in [-0.3, -0.25) is 9.59 Å². The Balaban J connectivity index is 1.61. The summed E-state index contributed by atoms with van der Waals surface area (Å²) in [5.41, 5.74) is 5.22. The number of rotatable bonds is 8. The third-order valence-electron chi connectivity index (χ3n) is 5.13. The van der Waals surface area contributed by atoms with Gasteiger partial charge < -0.3 is 9.80 Å². The van der Waals surface area contributed by atoms with Gasteiger partial charge in [-0.1, -0.05) is 60.7 Å². The molecule has 4 nitrogen and oxygen atoms in total. The van der Waals surface area contributed by atoms with Crippen molar-refractivity contribution in [2.24, 2.45) is 0 Å². The lowest BCUT2D eigenvalue weighted by atomic mass is 10.0. The summed E-state index contributed by atoms with van der Waals surface area (Å²) in [6.07, 6.45) is 6.70. The number of allylic oxidation sites excluding steroid dienone is 2. The monoisotopic (exact) mass is 424 g/mol. The van der Waals surface area contributed by atoms with Gasteiger partial charge in [-0.2, -0.15) is 0 Å². The molecule has 0 saturated carbocycles. The number of benzene rings is 3. The number of hydrogen-bond acceptors (Lipinski definition) is 4. The van der Waals surface area contributed by atoms with Crippen LogP contribution in [0.3, 0.4) is 0 Å². The summed E-state index contributed by atoms with van der Waals surface area (Å²) in [6.45, 7) is 0. The van der Waals surface area contributed by atoms with Gasteiger partial charge in [0.15, 0.2) is 11.6 Å². The van der Waals surface area contributed by atoms with Crippen LogP contribution in [0, 0.1) is 0 Å². The highest BCUT2D eigenvalue weighted by Gasteiger charge is 2.06. The van der Waals surface area contributed by atoms with E-state index < -0.39 is 0 Å². The largest absolute Gasteiger partial charge is 0.378 e. The van der Waals surface area contributed by atoms with Crippen LogP contribution in [0.2, 0.25) is 0 Å². The molecule has 0 bridgehead atoms. The van der Waals surface area contributed by atoms with Crippen LogP contribution >= 0.6 is 0 Å². The lowest BCUT2D eigenvalue weighted by Gasteiger charge is -2.11. The zero-order valence-electron chi connectivity index (χ0n) is 18.9. The normalized spacial score (nSPS) is 11.1. The summed E-state index contributed by atoms with van der Waals surface area (Å²) in [5, 5.41) is 0. The average Bonchev–Trinajstić information content (AvgIpc) is 2.81. The first-order valence-corrected chi connectivity index (χ1v) is 10.4. The second-order valence-electron chi connectivity index (χ2n) is 7.94. The van der Waals surface area contributed by atoms with E-state index in [1.165, 1.54) is 0 Å². The van der Waals surface area contributed by atoms with Crippen molar-refractivity contribution in [2.75, 3.05) is 38.0 Å². The van der Waals surface area contributed by atoms with Crippen LogP contribution in [0.15, 0.2) is 84.9 Å². The molecule has 3 aromatic carbocycles. The van der Waals surface area contributed by atoms with Crippen LogP contribution < -0.4 is 9.80 Å². The Morgan fingerprint density at radius 3 is 1.12 bits per heavy atom. The fourth-order valence-electron chi connectivity index (χ4n) is 3.10. The maximum Gasteiger partial charge on any atom is 0.185 e. The molecule has 0 aliphatic rings. The second-order valence-corrected chi connectivity index (χ2v) is 7.94. The molecule has 0 aliphatic heterocycles. The van der Waals surface area contributed by atoms with Crippen molar-refractivity contribution < 1.29 is 9.59 Å². The van der Waals surface area contributed by atoms with Gasteiger partial charge in [-0.15, -0.1) is 0 Å². The molecule has 3 rings (SSSR count). The van der Waals surface area contributed by atoms with Crippen molar-refractivity contribution in [3.63, 3.8) is 0 Å². The van der Waals surface area contributed by atoms with Gasteiger partial charge in [0.2, 0.25) is 0 Å². The highest BCUT2D eigenvalue weighted by molar-refractivity contribution is 6.09. The maximum absolute atomic E-state index is 12.5. The Hall–Kier alpha value is -3.92. The van der Waals surface area contributed by atoms with Gasteiger partial charge in [-0.05, 0) is 47.5 Å². The standard InChI is InChI=1S/C28H28N2O2/c1-29(2)25-15-5-21(6-16-25)9-19-27(31)23-11-13-24(14-12-23)28(32)20-10-22-7-17-26(18-8-22)30(3)4/h5-20H,1-4H3/b19-9-,20-10-. The minimum Gasteiger partial charge on any atom is -0.378 e. The van der Waals surface area contributed by atoms with Crippen LogP contribution in [0.5, 0.6) is 0 Å². The third-order valence-corrected chi connectivity index (χ3v) is 5.13. The lowest BCUT2D eigenvalue weighted by Crippen LogP contribution is -2.07. The highest BCUT2D eigenvalue weighted by Crippen LogP contribution is 2.15. The van der Waals surface area contributed by atoms with E-state index in [0.717, 1.165) is 22.5 Å². The van der Waals surface area contributed by atoms with Crippen LogP contribution in [0.4, 0.5) is 11.4 Å². The van der Waals surface area contributed by atoms with E-state index in [4.69, 9.17) is 0 Å². The molecule has 162 valence electrons. The van der Waals surface area contributed by atoms with Crippen LogP contribution in [-0.2, 0) is 0 Å². The molecule has 0 amide bonds. The van der Waals surface area contributed by atoms with Crippen molar-refractivity contribution in [1.82, 2.24) is 0 Å². The fourth-order valence-corrected chi connectivity index (χ4v) is 3.10. The van der Waals surface area contributed by atoms with E-state index in [9.17, 15) is 9.59 Å². The van der Waals surface area contributed by atoms with E-state index in [2.05, 4.69) is 0 Å². The SMILES string of the molecule is CN(C)c1ccc(/C=C\C(=O)c2ccc(C(=O)/C=C\c3ccc(N(C)C)cc3)cc2)cc1. The second kappa shape index (κ2) is 10.4. The molecule has 0 fully saturated rings. The van der Waals surface area contributed by atoms with Crippen molar-refractivity contribution >= 4 is 35.1 Å². The minimum atomic E-state index is -0.0998. The average molecular weight is 425 g/mol. The summed E-state index contributed by atoms with van der Waals surface area (Å²) in [7, 11) is 7.95. The Morgan fingerprint density at radius 2 is 0.844 bits per heavy atom. The number of nitrogens with zero attached hydrogens (tertiary/aromatic N) is 2. The molecule has 0 aliphatic carbocycles. The van der Waals surface area contributed by atoms with Crippen molar-refractivity contribution in [3.8, 4) is 0 Å². The predicted octanol–water partition coefficient (Wildman–Crippen LogP) is 5.61. The molecule has 0 heterocycles. The Bertz CT molecular complexity index is 1030. The highest BCUT2D eigenvalue weighted by atomic mass is 16.1. The molecule has 0 atom stereocenters. The van der Waals surface area contributed by atoms with Crippen LogP contribution in [-0.4, -0.2) is 39.8 Å². The molecule has 0 aromatic heterocycles. The summed E-state index contributed by atoms with van der Waals surface area (Å²) >= 11 is 0. The Kier molecular flexibility index (Phi) is 7.40. The van der Waals surface area contributed by atoms with Gasteiger partial charge in [0, 0.05) is 50.7 Å². The van der Waals surface area contributed by atoms with Crippen molar-refractivity contribution in [3.05, 3.63) is 107 Å². The Morgan fingerprint density at radius 1 is 0.531 bits per heavy atom. The number of hydrogen-bond donors (Lipinski definition) is 0. The molecule has 0 radical (unpaired) electrons. The molecular weight excluding hydrogens is 396 g/mol. The minimum absolute atomic E-state index is 0.0998. The van der Waals surface area contributed by atoms with E-state index in [-0.39, 0.29) is 11.6 Å². The van der Waals surface area contributed by atoms with Gasteiger partial charge in [0.1, 0.15) is 0 Å². The fraction of sp³-hybridized carbons (Fsp3) is 0.143. The van der Waals surface area contributed by atoms with E-state index in [1.54, 1.807) is 48.6 Å². The van der Waals surface area contributed by atoms with E-state index >= 15 is 0 Å². The van der Waals surface area contributed by atoms with Gasteiger partial charge >= 0.3 is 0 Å². The van der Waals surface area contributed by atoms with Crippen molar-refractivity contribution in [1.29, 1.82) is 0 Å². The zero-order valence-corrected chi connectivity index (χ0v) is 18.9. The van der Waals surface area contributed by atoms with Gasteiger partial charge in [0.05, 0.1) is 0 Å². The maximum atomic E-state index is 12.5. The third kappa shape index (κ3) is 6.05. The number of carbonyl (C=O) groups excluding carboxylic acids is 2. The van der Waals surface area contributed by atoms with E-state index in [0.29, 0.717) is 11.1 Å². The molecule has 0 spiro atoms. The number of anilines is 2. The van der Waals surface area contributed by atoms with Crippen LogP contribution in [0.1, 0.15) is 31.8 Å². The first-order valence-electron chi connectivity index (χ1n) is 10.4. The molecule has 0 saturated heterocycles. The van der Waals surface area contributed by atoms with E-state index in [1.807, 2.05) is 86.5 Å². The molecular formula is C28H28N2O2. The smallest absolute Gasteiger partial charge is 0.185 e. The molecule has 4 heteroatoms. The Labute approximate surface area is 190 Å². The first-order chi connectivity index (χ1) is 15.3. The molecule has 3 aromatic rings. The number of carbonyl (C=O) groups is 2. The summed E-state index contributed by atoms with van der Waals surface area (Å²) < 4.78 is 0. The lowest BCUT2D eigenvalue weighted by molar-refractivity contribution is 0.103. The topological polar surface area (TPSA) is 40.6 Å². The summed E-state index contributed by atoms with van der Waals surface area (Å²) in [4.78, 5) is 29.0. The summed E-state index contributed by atoms with van der Waals surface area (Å²) in [5.74, 6) is -0.200. The first kappa shape index (κ1) is 22.8. The van der Waals surface area contributed by atoms with Gasteiger partial charge in [-0.25, -0.2) is 0 Å². The molecule has 0 unspecified atom stereocenters. The number of ketones is 2. The van der Waals surface area contributed by atoms with Gasteiger partial charge in [0.25, 0.3) is 0 Å². The quantitative estimate of drug-likeness (QED) is 0.348. The molecule has 32 heavy (non-hydrogen) atoms. The zero-order chi connectivity index (χ0) is 23.1. The molecule has 0 N–H and O–H groups in total.